The van der Waals surface area contributed by atoms with Gasteiger partial charge in [-0.05, 0) is 43.6 Å². The van der Waals surface area contributed by atoms with E-state index in [9.17, 15) is 9.59 Å². The second-order valence-corrected chi connectivity index (χ2v) is 5.08. The Kier molecular flexibility index (Phi) is 4.74. The van der Waals surface area contributed by atoms with Crippen molar-refractivity contribution in [1.82, 2.24) is 4.90 Å². The van der Waals surface area contributed by atoms with Crippen molar-refractivity contribution in [2.24, 2.45) is 5.92 Å². The van der Waals surface area contributed by atoms with Crippen molar-refractivity contribution in [3.8, 4) is 0 Å². The summed E-state index contributed by atoms with van der Waals surface area (Å²) in [5.74, 6) is -1.00. The second-order valence-electron chi connectivity index (χ2n) is 5.08. The summed E-state index contributed by atoms with van der Waals surface area (Å²) in [7, 11) is 1.43. The highest BCUT2D eigenvalue weighted by Gasteiger charge is 2.25. The van der Waals surface area contributed by atoms with Crippen molar-refractivity contribution < 1.29 is 19.4 Å². The van der Waals surface area contributed by atoms with Gasteiger partial charge in [0.05, 0.1) is 18.6 Å². The van der Waals surface area contributed by atoms with Gasteiger partial charge in [0.15, 0.2) is 0 Å². The lowest BCUT2D eigenvalue weighted by Crippen LogP contribution is -2.36. The number of methoxy groups -OCH3 is 1. The first-order valence-corrected chi connectivity index (χ1v) is 6.72. The largest absolute Gasteiger partial charge is 0.478 e. The molecule has 0 amide bonds. The van der Waals surface area contributed by atoms with Crippen molar-refractivity contribution in [2.75, 3.05) is 20.2 Å². The standard InChI is InChI=1S/C15H19NO4/c1-20-15(19)13-6-8-16(9-7-13)10-11-2-4-12(5-3-11)14(17)18/h2-5,13H,6-10H2,1H3,(H,17,18). The minimum Gasteiger partial charge on any atom is -0.478 e. The van der Waals surface area contributed by atoms with E-state index in [2.05, 4.69) is 4.90 Å². The van der Waals surface area contributed by atoms with Crippen LogP contribution in [0.1, 0.15) is 28.8 Å². The Balaban J connectivity index is 1.86. The van der Waals surface area contributed by atoms with Crippen molar-refractivity contribution in [3.63, 3.8) is 0 Å². The van der Waals surface area contributed by atoms with Gasteiger partial charge in [0, 0.05) is 6.54 Å². The maximum Gasteiger partial charge on any atom is 0.335 e. The normalized spacial score (nSPS) is 16.9. The van der Waals surface area contributed by atoms with Gasteiger partial charge in [-0.1, -0.05) is 12.1 Å². The van der Waals surface area contributed by atoms with E-state index in [1.807, 2.05) is 12.1 Å². The van der Waals surface area contributed by atoms with Crippen LogP contribution in [0.5, 0.6) is 0 Å². The molecule has 1 aliphatic heterocycles. The second kappa shape index (κ2) is 6.52. The maximum atomic E-state index is 11.4. The van der Waals surface area contributed by atoms with Gasteiger partial charge in [-0.2, -0.15) is 0 Å². The summed E-state index contributed by atoms with van der Waals surface area (Å²) < 4.78 is 4.77. The number of carboxylic acid groups (broad SMARTS) is 1. The van der Waals surface area contributed by atoms with Crippen LogP contribution in [0.3, 0.4) is 0 Å². The summed E-state index contributed by atoms with van der Waals surface area (Å²) in [5, 5.41) is 8.85. The zero-order valence-corrected chi connectivity index (χ0v) is 11.5. The Morgan fingerprint density at radius 3 is 2.35 bits per heavy atom. The number of likely N-dealkylation sites (tertiary alicyclic amines) is 1. The summed E-state index contributed by atoms with van der Waals surface area (Å²) >= 11 is 0. The number of esters is 1. The highest BCUT2D eigenvalue weighted by molar-refractivity contribution is 5.87. The molecule has 1 fully saturated rings. The van der Waals surface area contributed by atoms with Gasteiger partial charge in [0.2, 0.25) is 0 Å². The van der Waals surface area contributed by atoms with Gasteiger partial charge < -0.3 is 9.84 Å². The van der Waals surface area contributed by atoms with Crippen LogP contribution in [-0.4, -0.2) is 42.1 Å². The monoisotopic (exact) mass is 277 g/mol. The lowest BCUT2D eigenvalue weighted by molar-refractivity contribution is -0.147. The molecule has 2 rings (SSSR count). The number of hydrogen-bond acceptors (Lipinski definition) is 4. The average Bonchev–Trinajstić information content (AvgIpc) is 2.48. The first-order valence-electron chi connectivity index (χ1n) is 6.72. The molecular weight excluding hydrogens is 258 g/mol. The zero-order valence-electron chi connectivity index (χ0n) is 11.5. The van der Waals surface area contributed by atoms with Gasteiger partial charge in [-0.15, -0.1) is 0 Å². The highest BCUT2D eigenvalue weighted by Crippen LogP contribution is 2.20. The molecule has 108 valence electrons. The Morgan fingerprint density at radius 1 is 1.25 bits per heavy atom. The van der Waals surface area contributed by atoms with Crippen LogP contribution in [-0.2, 0) is 16.1 Å². The molecule has 0 spiro atoms. The maximum absolute atomic E-state index is 11.4. The molecule has 0 aliphatic carbocycles. The smallest absolute Gasteiger partial charge is 0.335 e. The Bertz CT molecular complexity index is 475. The number of carboxylic acids is 1. The van der Waals surface area contributed by atoms with Gasteiger partial charge in [-0.3, -0.25) is 9.69 Å². The molecular formula is C15H19NO4. The third-order valence-corrected chi connectivity index (χ3v) is 3.73. The van der Waals surface area contributed by atoms with Gasteiger partial charge in [0.1, 0.15) is 0 Å². The van der Waals surface area contributed by atoms with Crippen LogP contribution in [0.2, 0.25) is 0 Å². The number of benzene rings is 1. The predicted molar refractivity (Wildman–Crippen MR) is 73.4 cm³/mol. The minimum atomic E-state index is -0.907. The fourth-order valence-electron chi connectivity index (χ4n) is 2.50. The minimum absolute atomic E-state index is 0.0191. The highest BCUT2D eigenvalue weighted by atomic mass is 16.5. The van der Waals surface area contributed by atoms with Crippen LogP contribution in [0.4, 0.5) is 0 Å². The molecule has 0 aromatic heterocycles. The summed E-state index contributed by atoms with van der Waals surface area (Å²) in [6, 6.07) is 6.93. The van der Waals surface area contributed by atoms with Crippen molar-refractivity contribution in [1.29, 1.82) is 0 Å². The van der Waals surface area contributed by atoms with E-state index in [1.165, 1.54) is 7.11 Å². The van der Waals surface area contributed by atoms with E-state index in [-0.39, 0.29) is 11.9 Å². The molecule has 1 aromatic carbocycles. The van der Waals surface area contributed by atoms with Gasteiger partial charge in [0.25, 0.3) is 0 Å². The first-order chi connectivity index (χ1) is 9.60. The summed E-state index contributed by atoms with van der Waals surface area (Å²) in [5.41, 5.74) is 1.39. The topological polar surface area (TPSA) is 66.8 Å². The molecule has 0 unspecified atom stereocenters. The number of hydrogen-bond donors (Lipinski definition) is 1. The van der Waals surface area contributed by atoms with Crippen LogP contribution < -0.4 is 0 Å². The lowest BCUT2D eigenvalue weighted by atomic mass is 9.96. The third-order valence-electron chi connectivity index (χ3n) is 3.73. The number of piperidine rings is 1. The van der Waals surface area contributed by atoms with E-state index < -0.39 is 5.97 Å². The molecule has 1 saturated heterocycles. The molecule has 1 aliphatic rings. The fraction of sp³-hybridized carbons (Fsp3) is 0.467. The van der Waals surface area contributed by atoms with Crippen molar-refractivity contribution >= 4 is 11.9 Å². The molecule has 1 heterocycles. The van der Waals surface area contributed by atoms with Gasteiger partial charge >= 0.3 is 11.9 Å². The predicted octanol–water partition coefficient (Wildman–Crippen LogP) is 1.77. The van der Waals surface area contributed by atoms with Crippen LogP contribution in [0.25, 0.3) is 0 Å². The van der Waals surface area contributed by atoms with Crippen LogP contribution >= 0.6 is 0 Å². The molecule has 20 heavy (non-hydrogen) atoms. The number of rotatable bonds is 4. The molecule has 0 bridgehead atoms. The molecule has 0 atom stereocenters. The van der Waals surface area contributed by atoms with Gasteiger partial charge in [-0.25, -0.2) is 4.79 Å². The van der Waals surface area contributed by atoms with Crippen LogP contribution in [0.15, 0.2) is 24.3 Å². The third kappa shape index (κ3) is 3.57. The number of aromatic carboxylic acids is 1. The lowest BCUT2D eigenvalue weighted by Gasteiger charge is -2.30. The van der Waals surface area contributed by atoms with Crippen molar-refractivity contribution in [2.45, 2.75) is 19.4 Å². The Labute approximate surface area is 118 Å². The summed E-state index contributed by atoms with van der Waals surface area (Å²) in [6.07, 6.45) is 1.64. The average molecular weight is 277 g/mol. The molecule has 5 heteroatoms. The molecule has 0 radical (unpaired) electrons. The van der Waals surface area contributed by atoms with E-state index in [1.54, 1.807) is 12.1 Å². The van der Waals surface area contributed by atoms with Crippen molar-refractivity contribution in [3.05, 3.63) is 35.4 Å². The van der Waals surface area contributed by atoms with Crippen LogP contribution in [0, 0.1) is 5.92 Å². The van der Waals surface area contributed by atoms with E-state index in [0.717, 1.165) is 38.0 Å². The number of nitrogens with zero attached hydrogens (tertiary/aromatic N) is 1. The SMILES string of the molecule is COC(=O)C1CCN(Cc2ccc(C(=O)O)cc2)CC1. The molecule has 0 saturated carbocycles. The quantitative estimate of drug-likeness (QED) is 0.850. The van der Waals surface area contributed by atoms with E-state index in [4.69, 9.17) is 9.84 Å². The zero-order chi connectivity index (χ0) is 14.5. The Morgan fingerprint density at radius 2 is 1.85 bits per heavy atom. The number of carbonyl (C=O) groups excluding carboxylic acids is 1. The first kappa shape index (κ1) is 14.5. The molecule has 1 N–H and O–H groups in total. The summed E-state index contributed by atoms with van der Waals surface area (Å²) in [6.45, 7) is 2.51. The molecule has 1 aromatic rings. The van der Waals surface area contributed by atoms with E-state index in [0.29, 0.717) is 5.56 Å². The fourth-order valence-corrected chi connectivity index (χ4v) is 2.50. The summed E-state index contributed by atoms with van der Waals surface area (Å²) in [4.78, 5) is 24.5. The number of ether oxygens (including phenoxy) is 1. The number of carbonyl (C=O) groups is 2. The Hall–Kier alpha value is -1.88. The van der Waals surface area contributed by atoms with E-state index >= 15 is 0 Å². The molecule has 5 nitrogen and oxygen atoms in total.